The summed E-state index contributed by atoms with van der Waals surface area (Å²) < 4.78 is 84.7. The van der Waals surface area contributed by atoms with Gasteiger partial charge in [-0.3, -0.25) is 4.79 Å². The molecule has 1 N–H and O–H groups in total. The number of rotatable bonds is 9. The largest absolute Gasteiger partial charge is 0.481 e. The van der Waals surface area contributed by atoms with Crippen LogP contribution in [-0.2, 0) is 17.4 Å². The van der Waals surface area contributed by atoms with Gasteiger partial charge in [0.1, 0.15) is 34.6 Å². The van der Waals surface area contributed by atoms with Crippen LogP contribution in [0.25, 0.3) is 0 Å². The molecule has 4 aromatic rings. The maximum atomic E-state index is 13.7. The van der Waals surface area contributed by atoms with Crippen molar-refractivity contribution in [1.82, 2.24) is 0 Å². The summed E-state index contributed by atoms with van der Waals surface area (Å²) in [6.45, 7) is 3.60. The minimum absolute atomic E-state index is 0.00340. The molecule has 0 fully saturated rings. The van der Waals surface area contributed by atoms with E-state index >= 15 is 0 Å². The molecule has 0 aliphatic rings. The minimum Gasteiger partial charge on any atom is -0.481 e. The van der Waals surface area contributed by atoms with Gasteiger partial charge in [-0.2, -0.15) is 13.2 Å². The fourth-order valence-corrected chi connectivity index (χ4v) is 3.91. The van der Waals surface area contributed by atoms with Crippen molar-refractivity contribution in [2.24, 2.45) is 0 Å². The third-order valence-electron chi connectivity index (χ3n) is 5.75. The van der Waals surface area contributed by atoms with E-state index in [0.29, 0.717) is 35.6 Å². The number of aryl methyl sites for hydroxylation is 3. The number of carboxylic acids is 1. The molecule has 0 bridgehead atoms. The zero-order valence-corrected chi connectivity index (χ0v) is 21.3. The Balaban J connectivity index is 1.61. The van der Waals surface area contributed by atoms with Gasteiger partial charge < -0.3 is 19.3 Å². The summed E-state index contributed by atoms with van der Waals surface area (Å²) in [5, 5.41) is 8.91. The lowest BCUT2D eigenvalue weighted by molar-refractivity contribution is -0.138. The topological polar surface area (TPSA) is 65.0 Å². The van der Waals surface area contributed by atoms with Crippen molar-refractivity contribution in [2.45, 2.75) is 32.9 Å². The van der Waals surface area contributed by atoms with Crippen molar-refractivity contribution < 1.29 is 46.1 Å². The molecule has 40 heavy (non-hydrogen) atoms. The molecule has 0 amide bonds. The third-order valence-corrected chi connectivity index (χ3v) is 5.75. The van der Waals surface area contributed by atoms with E-state index in [9.17, 15) is 26.7 Å². The number of carbonyl (C=O) groups is 1. The van der Waals surface area contributed by atoms with E-state index in [1.54, 1.807) is 37.3 Å². The first-order valence-corrected chi connectivity index (χ1v) is 12.0. The highest BCUT2D eigenvalue weighted by atomic mass is 19.4. The molecule has 0 aromatic heterocycles. The number of hydrogen-bond acceptors (Lipinski definition) is 4. The number of aliphatic carboxylic acids is 1. The highest BCUT2D eigenvalue weighted by molar-refractivity contribution is 5.67. The summed E-state index contributed by atoms with van der Waals surface area (Å²) in [4.78, 5) is 10.9. The number of ether oxygens (including phenoxy) is 3. The van der Waals surface area contributed by atoms with Gasteiger partial charge in [0.15, 0.2) is 11.5 Å². The Kier molecular flexibility index (Phi) is 8.27. The summed E-state index contributed by atoms with van der Waals surface area (Å²) >= 11 is 0. The quantitative estimate of drug-likeness (QED) is 0.208. The summed E-state index contributed by atoms with van der Waals surface area (Å²) in [6, 6.07) is 14.9. The Labute approximate surface area is 226 Å². The van der Waals surface area contributed by atoms with Gasteiger partial charge in [-0.15, -0.1) is 0 Å². The number of carboxylic acid groups (broad SMARTS) is 1. The molecule has 0 saturated carbocycles. The average Bonchev–Trinajstić information content (AvgIpc) is 2.83. The lowest BCUT2D eigenvalue weighted by atomic mass is 10.0. The van der Waals surface area contributed by atoms with Gasteiger partial charge in [-0.25, -0.2) is 8.78 Å². The SMILES string of the molecule is Cc1cc(Oc2ccc(CCC(=O)O)c(C)c2)cc(Oc2ccc(C(F)(F)F)cc2Oc2cc(F)cc(F)c2)c1. The molecular weight excluding hydrogens is 535 g/mol. The zero-order valence-electron chi connectivity index (χ0n) is 21.3. The van der Waals surface area contributed by atoms with Crippen LogP contribution in [-0.4, -0.2) is 11.1 Å². The first-order chi connectivity index (χ1) is 18.9. The molecular formula is C30H23F5O5. The van der Waals surface area contributed by atoms with Gasteiger partial charge in [0.05, 0.1) is 5.56 Å². The Morgan fingerprint density at radius 3 is 1.98 bits per heavy atom. The zero-order chi connectivity index (χ0) is 29.0. The van der Waals surface area contributed by atoms with Gasteiger partial charge >= 0.3 is 12.1 Å². The first kappa shape index (κ1) is 28.4. The van der Waals surface area contributed by atoms with Crippen LogP contribution >= 0.6 is 0 Å². The number of halogens is 5. The highest BCUT2D eigenvalue weighted by Gasteiger charge is 2.32. The van der Waals surface area contributed by atoms with Gasteiger partial charge in [-0.05, 0) is 79.4 Å². The second kappa shape index (κ2) is 11.6. The van der Waals surface area contributed by atoms with Gasteiger partial charge in [0.25, 0.3) is 0 Å². The number of benzene rings is 4. The van der Waals surface area contributed by atoms with Gasteiger partial charge in [0.2, 0.25) is 0 Å². The van der Waals surface area contributed by atoms with Crippen LogP contribution in [0.15, 0.2) is 72.8 Å². The monoisotopic (exact) mass is 558 g/mol. The second-order valence-electron chi connectivity index (χ2n) is 9.03. The molecule has 0 atom stereocenters. The third kappa shape index (κ3) is 7.49. The molecule has 4 rings (SSSR count). The molecule has 0 unspecified atom stereocenters. The van der Waals surface area contributed by atoms with E-state index < -0.39 is 35.1 Å². The van der Waals surface area contributed by atoms with E-state index in [-0.39, 0.29) is 23.7 Å². The predicted molar refractivity (Wildman–Crippen MR) is 136 cm³/mol. The summed E-state index contributed by atoms with van der Waals surface area (Å²) in [5.41, 5.74) is 1.39. The van der Waals surface area contributed by atoms with Crippen LogP contribution in [0.4, 0.5) is 22.0 Å². The maximum Gasteiger partial charge on any atom is 0.416 e. The van der Waals surface area contributed by atoms with Gasteiger partial charge in [-0.1, -0.05) is 6.07 Å². The van der Waals surface area contributed by atoms with Crippen LogP contribution in [0, 0.1) is 25.5 Å². The van der Waals surface area contributed by atoms with Crippen molar-refractivity contribution in [3.63, 3.8) is 0 Å². The lowest BCUT2D eigenvalue weighted by Crippen LogP contribution is -2.05. The Hall–Kier alpha value is -4.60. The summed E-state index contributed by atoms with van der Waals surface area (Å²) in [7, 11) is 0. The maximum absolute atomic E-state index is 13.7. The van der Waals surface area contributed by atoms with E-state index in [4.69, 9.17) is 19.3 Å². The van der Waals surface area contributed by atoms with E-state index in [1.165, 1.54) is 6.07 Å². The van der Waals surface area contributed by atoms with E-state index in [0.717, 1.165) is 35.4 Å². The Bertz CT molecular complexity index is 1530. The molecule has 0 heterocycles. The molecule has 0 spiro atoms. The van der Waals surface area contributed by atoms with Crippen molar-refractivity contribution in [3.05, 3.63) is 107 Å². The Morgan fingerprint density at radius 2 is 1.35 bits per heavy atom. The second-order valence-corrected chi connectivity index (χ2v) is 9.03. The predicted octanol–water partition coefficient (Wildman–Crippen LogP) is 8.99. The fourth-order valence-electron chi connectivity index (χ4n) is 3.91. The molecule has 0 radical (unpaired) electrons. The molecule has 0 aliphatic heterocycles. The van der Waals surface area contributed by atoms with Crippen LogP contribution in [0.5, 0.6) is 34.5 Å². The molecule has 0 aliphatic carbocycles. The van der Waals surface area contributed by atoms with Crippen molar-refractivity contribution in [3.8, 4) is 34.5 Å². The smallest absolute Gasteiger partial charge is 0.416 e. The normalized spacial score (nSPS) is 11.3. The number of hydrogen-bond donors (Lipinski definition) is 1. The van der Waals surface area contributed by atoms with E-state index in [2.05, 4.69) is 0 Å². The molecule has 208 valence electrons. The first-order valence-electron chi connectivity index (χ1n) is 12.0. The molecule has 4 aromatic carbocycles. The fraction of sp³-hybridized carbons (Fsp3) is 0.167. The Morgan fingerprint density at radius 1 is 0.725 bits per heavy atom. The average molecular weight is 558 g/mol. The standard InChI is InChI=1S/C30H23F5O5/c1-17-9-24(38-23-6-3-19(18(2)11-23)4-8-29(36)37)16-25(10-17)39-27-7-5-20(30(33,34)35)12-28(27)40-26-14-21(31)13-22(32)15-26/h3,5-7,9-16H,4,8H2,1-2H3,(H,36,37). The molecule has 5 nitrogen and oxygen atoms in total. The van der Waals surface area contributed by atoms with Crippen molar-refractivity contribution >= 4 is 5.97 Å². The van der Waals surface area contributed by atoms with Crippen molar-refractivity contribution in [1.29, 1.82) is 0 Å². The summed E-state index contributed by atoms with van der Waals surface area (Å²) in [6.07, 6.45) is -4.32. The van der Waals surface area contributed by atoms with Gasteiger partial charge in [0, 0.05) is 30.7 Å². The number of alkyl halides is 3. The lowest BCUT2D eigenvalue weighted by Gasteiger charge is -2.16. The van der Waals surface area contributed by atoms with Crippen LogP contribution < -0.4 is 14.2 Å². The van der Waals surface area contributed by atoms with Crippen LogP contribution in [0.3, 0.4) is 0 Å². The highest BCUT2D eigenvalue weighted by Crippen LogP contribution is 2.41. The van der Waals surface area contributed by atoms with Crippen LogP contribution in [0.1, 0.15) is 28.7 Å². The minimum atomic E-state index is -4.70. The van der Waals surface area contributed by atoms with Crippen molar-refractivity contribution in [2.75, 3.05) is 0 Å². The van der Waals surface area contributed by atoms with E-state index in [1.807, 2.05) is 6.92 Å². The van der Waals surface area contributed by atoms with Crippen LogP contribution in [0.2, 0.25) is 0 Å². The summed E-state index contributed by atoms with van der Waals surface area (Å²) in [5.74, 6) is -2.64. The molecule has 0 saturated heterocycles. The molecule has 10 heteroatoms.